The van der Waals surface area contributed by atoms with Crippen molar-refractivity contribution in [2.24, 2.45) is 11.3 Å². The Labute approximate surface area is 115 Å². The van der Waals surface area contributed by atoms with Gasteiger partial charge < -0.3 is 10.2 Å². The molecular formula is C11H16O8P+. The average molecular weight is 307 g/mol. The van der Waals surface area contributed by atoms with Crippen LogP contribution in [0.25, 0.3) is 0 Å². The standard InChI is InChI=1S/C11H15O8P/c1-11(2,8(13)10(16)17)6(5-20(18)19)3-4-7(12)9(14)15/h6H,3-5H2,1-2H3,(H2-,14,15,16,17,18,19)/p+1. The van der Waals surface area contributed by atoms with Gasteiger partial charge in [0.05, 0.1) is 0 Å². The van der Waals surface area contributed by atoms with Crippen LogP contribution < -0.4 is 0 Å². The van der Waals surface area contributed by atoms with E-state index in [1.165, 1.54) is 13.8 Å². The summed E-state index contributed by atoms with van der Waals surface area (Å²) in [6.07, 6.45) is -0.966. The minimum Gasteiger partial charge on any atom is -0.476 e. The summed E-state index contributed by atoms with van der Waals surface area (Å²) in [6.45, 7) is 2.58. The van der Waals surface area contributed by atoms with E-state index in [-0.39, 0.29) is 12.6 Å². The van der Waals surface area contributed by atoms with Gasteiger partial charge in [-0.1, -0.05) is 13.8 Å². The Morgan fingerprint density at radius 3 is 1.95 bits per heavy atom. The second-order valence-corrected chi connectivity index (χ2v) is 5.92. The Bertz CT molecular complexity index is 453. The first-order valence-corrected chi connectivity index (χ1v) is 7.07. The van der Waals surface area contributed by atoms with E-state index in [1.54, 1.807) is 0 Å². The van der Waals surface area contributed by atoms with E-state index >= 15 is 0 Å². The Morgan fingerprint density at radius 2 is 1.60 bits per heavy atom. The predicted octanol–water partition coefficient (Wildman–Crippen LogP) is 0.451. The molecule has 0 aromatic rings. The fraction of sp³-hybridized carbons (Fsp3) is 0.636. The highest BCUT2D eigenvalue weighted by Gasteiger charge is 2.44. The lowest BCUT2D eigenvalue weighted by Crippen LogP contribution is -2.39. The summed E-state index contributed by atoms with van der Waals surface area (Å²) in [6, 6.07) is 0. The minimum absolute atomic E-state index is 0.154. The van der Waals surface area contributed by atoms with Crippen LogP contribution in [-0.2, 0) is 23.7 Å². The molecule has 9 heteroatoms. The highest BCUT2D eigenvalue weighted by Crippen LogP contribution is 2.37. The maximum atomic E-state index is 11.6. The van der Waals surface area contributed by atoms with Crippen LogP contribution in [0.5, 0.6) is 0 Å². The highest BCUT2D eigenvalue weighted by molar-refractivity contribution is 7.38. The summed E-state index contributed by atoms with van der Waals surface area (Å²) in [5.41, 5.74) is -1.47. The molecule has 3 N–H and O–H groups in total. The lowest BCUT2D eigenvalue weighted by molar-refractivity contribution is -0.155. The number of ketones is 2. The first-order valence-electron chi connectivity index (χ1n) is 5.67. The van der Waals surface area contributed by atoms with Crippen molar-refractivity contribution >= 4 is 31.5 Å². The third-order valence-electron chi connectivity index (χ3n) is 3.14. The fourth-order valence-corrected chi connectivity index (χ4v) is 2.76. The topological polar surface area (TPSA) is 146 Å². The lowest BCUT2D eigenvalue weighted by Gasteiger charge is -2.28. The van der Waals surface area contributed by atoms with Crippen LogP contribution in [0.3, 0.4) is 0 Å². The van der Waals surface area contributed by atoms with Gasteiger partial charge in [-0.05, 0) is 11.0 Å². The summed E-state index contributed by atoms with van der Waals surface area (Å²) >= 11 is 0. The smallest absolute Gasteiger partial charge is 0.476 e. The van der Waals surface area contributed by atoms with Crippen molar-refractivity contribution in [3.05, 3.63) is 0 Å². The molecular weight excluding hydrogens is 291 g/mol. The van der Waals surface area contributed by atoms with E-state index in [0.29, 0.717) is 0 Å². The molecule has 8 nitrogen and oxygen atoms in total. The maximum Gasteiger partial charge on any atom is 0.505 e. The molecule has 0 aliphatic heterocycles. The number of rotatable bonds is 9. The minimum atomic E-state index is -2.65. The number of carbonyl (C=O) groups excluding carboxylic acids is 2. The Kier molecular flexibility index (Phi) is 6.61. The molecule has 0 fully saturated rings. The molecule has 112 valence electrons. The summed E-state index contributed by atoms with van der Waals surface area (Å²) in [4.78, 5) is 52.7. The van der Waals surface area contributed by atoms with Gasteiger partial charge in [0.25, 0.3) is 0 Å². The number of hydrogen-bond donors (Lipinski definition) is 3. The van der Waals surface area contributed by atoms with E-state index < -0.39 is 49.3 Å². The van der Waals surface area contributed by atoms with Gasteiger partial charge >= 0.3 is 20.0 Å². The number of hydrogen-bond acceptors (Lipinski definition) is 5. The Morgan fingerprint density at radius 1 is 1.10 bits per heavy atom. The molecule has 0 aliphatic rings. The van der Waals surface area contributed by atoms with Gasteiger partial charge in [-0.25, -0.2) is 9.59 Å². The van der Waals surface area contributed by atoms with E-state index in [9.17, 15) is 23.7 Å². The van der Waals surface area contributed by atoms with Crippen molar-refractivity contribution in [2.45, 2.75) is 26.7 Å². The van der Waals surface area contributed by atoms with Gasteiger partial charge in [0, 0.05) is 17.8 Å². The molecule has 20 heavy (non-hydrogen) atoms. The Hall–Kier alpha value is -1.66. The van der Waals surface area contributed by atoms with Crippen LogP contribution in [0.2, 0.25) is 0 Å². The van der Waals surface area contributed by atoms with Crippen molar-refractivity contribution in [1.29, 1.82) is 0 Å². The van der Waals surface area contributed by atoms with Gasteiger partial charge in [-0.15, -0.1) is 0 Å². The first-order chi connectivity index (χ1) is 9.00. The summed E-state index contributed by atoms with van der Waals surface area (Å²) in [7, 11) is -2.65. The van der Waals surface area contributed by atoms with Gasteiger partial charge in [0.1, 0.15) is 0 Å². The molecule has 0 bridgehead atoms. The van der Waals surface area contributed by atoms with Crippen LogP contribution in [-0.4, -0.2) is 44.8 Å². The third-order valence-corrected chi connectivity index (χ3v) is 3.89. The largest absolute Gasteiger partial charge is 0.505 e. The monoisotopic (exact) mass is 307 g/mol. The quantitative estimate of drug-likeness (QED) is 0.411. The number of aliphatic carboxylic acids is 2. The van der Waals surface area contributed by atoms with Gasteiger partial charge in [-0.3, -0.25) is 9.59 Å². The second-order valence-electron chi connectivity index (χ2n) is 4.85. The van der Waals surface area contributed by atoms with Gasteiger partial charge in [-0.2, -0.15) is 4.89 Å². The predicted molar refractivity (Wildman–Crippen MR) is 66.5 cm³/mol. The molecule has 2 atom stereocenters. The molecule has 0 amide bonds. The number of carbonyl (C=O) groups is 4. The van der Waals surface area contributed by atoms with E-state index in [0.717, 1.165) is 0 Å². The second kappa shape index (κ2) is 7.21. The first kappa shape index (κ1) is 18.3. The molecule has 0 heterocycles. The van der Waals surface area contributed by atoms with Crippen LogP contribution in [0.15, 0.2) is 0 Å². The number of carboxylic acid groups (broad SMARTS) is 2. The van der Waals surface area contributed by atoms with Crippen LogP contribution >= 0.6 is 8.03 Å². The van der Waals surface area contributed by atoms with Gasteiger partial charge in [0.15, 0.2) is 6.16 Å². The van der Waals surface area contributed by atoms with Crippen LogP contribution in [0.4, 0.5) is 0 Å². The van der Waals surface area contributed by atoms with Crippen molar-refractivity contribution in [2.75, 3.05) is 6.16 Å². The molecule has 0 aromatic carbocycles. The zero-order valence-corrected chi connectivity index (χ0v) is 11.9. The maximum absolute atomic E-state index is 11.6. The third kappa shape index (κ3) is 5.14. The van der Waals surface area contributed by atoms with E-state index in [4.69, 9.17) is 15.1 Å². The molecule has 0 aliphatic carbocycles. The van der Waals surface area contributed by atoms with E-state index in [2.05, 4.69) is 0 Å². The molecule has 0 saturated heterocycles. The normalized spacial score (nSPS) is 13.4. The summed E-state index contributed by atoms with van der Waals surface area (Å²) < 4.78 is 10.9. The SMILES string of the molecule is CC(C)(C(=O)C(=O)O)C(CCC(=O)C(=O)O)C[P+](=O)O. The molecule has 0 radical (unpaired) electrons. The molecule has 0 spiro atoms. The number of carboxylic acids is 2. The summed E-state index contributed by atoms with van der Waals surface area (Å²) in [5.74, 6) is -6.45. The number of Topliss-reactive ketones (excluding diaryl/α,β-unsaturated/α-hetero) is 2. The Balaban J connectivity index is 5.09. The van der Waals surface area contributed by atoms with E-state index in [1.807, 2.05) is 0 Å². The van der Waals surface area contributed by atoms with Crippen molar-refractivity contribution in [3.8, 4) is 0 Å². The van der Waals surface area contributed by atoms with Crippen LogP contribution in [0.1, 0.15) is 26.7 Å². The molecule has 0 aromatic heterocycles. The van der Waals surface area contributed by atoms with Crippen LogP contribution in [0, 0.1) is 11.3 Å². The molecule has 2 unspecified atom stereocenters. The average Bonchev–Trinajstić information content (AvgIpc) is 2.31. The molecule has 0 saturated carbocycles. The zero-order chi connectivity index (χ0) is 16.1. The summed E-state index contributed by atoms with van der Waals surface area (Å²) in [5, 5.41) is 17.2. The van der Waals surface area contributed by atoms with Crippen molar-refractivity contribution in [1.82, 2.24) is 0 Å². The van der Waals surface area contributed by atoms with Crippen molar-refractivity contribution < 1.29 is 38.8 Å². The van der Waals surface area contributed by atoms with Crippen molar-refractivity contribution in [3.63, 3.8) is 0 Å². The lowest BCUT2D eigenvalue weighted by atomic mass is 9.74. The van der Waals surface area contributed by atoms with Gasteiger partial charge in [0.2, 0.25) is 11.6 Å². The highest BCUT2D eigenvalue weighted by atomic mass is 31.1. The fourth-order valence-electron chi connectivity index (χ4n) is 1.74. The molecule has 0 rings (SSSR count). The zero-order valence-electron chi connectivity index (χ0n) is 11.0.